The maximum Gasteiger partial charge on any atom is 0.147 e. The van der Waals surface area contributed by atoms with E-state index in [1.807, 2.05) is 6.21 Å². The van der Waals surface area contributed by atoms with Crippen molar-refractivity contribution in [1.29, 1.82) is 0 Å². The van der Waals surface area contributed by atoms with Gasteiger partial charge in [-0.15, -0.1) is 0 Å². The number of nitrogens with zero attached hydrogens (tertiary/aromatic N) is 5. The van der Waals surface area contributed by atoms with Gasteiger partial charge in [-0.1, -0.05) is 44.2 Å². The van der Waals surface area contributed by atoms with E-state index in [4.69, 9.17) is 4.99 Å². The van der Waals surface area contributed by atoms with E-state index in [-0.39, 0.29) is 6.04 Å². The van der Waals surface area contributed by atoms with Gasteiger partial charge in [0.25, 0.3) is 0 Å². The molecule has 0 bridgehead atoms. The van der Waals surface area contributed by atoms with E-state index >= 15 is 0 Å². The first-order chi connectivity index (χ1) is 14.3. The van der Waals surface area contributed by atoms with Crippen molar-refractivity contribution in [3.05, 3.63) is 59.1 Å². The third-order valence-corrected chi connectivity index (χ3v) is 6.55. The lowest BCUT2D eigenvalue weighted by Crippen LogP contribution is -2.51. The first-order valence-electron chi connectivity index (χ1n) is 11.2. The monoisotopic (exact) mass is 405 g/mol. The van der Waals surface area contributed by atoms with Crippen LogP contribution in [0.3, 0.4) is 0 Å². The fraction of sp³-hybridized carbons (Fsp3) is 0.520. The Morgan fingerprint density at radius 1 is 1.17 bits per heavy atom. The predicted molar refractivity (Wildman–Crippen MR) is 126 cm³/mol. The highest BCUT2D eigenvalue weighted by Gasteiger charge is 2.39. The molecule has 0 N–H and O–H groups in total. The van der Waals surface area contributed by atoms with Gasteiger partial charge in [-0.25, -0.2) is 0 Å². The van der Waals surface area contributed by atoms with Crippen molar-refractivity contribution in [3.63, 3.8) is 0 Å². The summed E-state index contributed by atoms with van der Waals surface area (Å²) in [7, 11) is 0. The zero-order chi connectivity index (χ0) is 21.4. The minimum absolute atomic E-state index is 0.133. The summed E-state index contributed by atoms with van der Waals surface area (Å²) in [5.74, 6) is 1.40. The lowest BCUT2D eigenvalue weighted by atomic mass is 9.94. The van der Waals surface area contributed by atoms with Gasteiger partial charge in [0.15, 0.2) is 0 Å². The summed E-state index contributed by atoms with van der Waals surface area (Å²) in [6.45, 7) is 20.2. The maximum atomic E-state index is 5.15. The van der Waals surface area contributed by atoms with Crippen LogP contribution in [0, 0.1) is 19.8 Å². The predicted octanol–water partition coefficient (Wildman–Crippen LogP) is 4.16. The van der Waals surface area contributed by atoms with Gasteiger partial charge in [-0.3, -0.25) is 14.9 Å². The van der Waals surface area contributed by atoms with Crippen molar-refractivity contribution in [3.8, 4) is 0 Å². The number of piperazine rings is 1. The van der Waals surface area contributed by atoms with Crippen LogP contribution in [0.4, 0.5) is 0 Å². The molecule has 1 fully saturated rings. The van der Waals surface area contributed by atoms with Crippen molar-refractivity contribution < 1.29 is 0 Å². The molecule has 0 spiro atoms. The first-order valence-corrected chi connectivity index (χ1v) is 11.2. The molecule has 4 rings (SSSR count). The number of allylic oxidation sites excluding steroid dienone is 2. The largest absolute Gasteiger partial charge is 0.373 e. The molecule has 3 aliphatic rings. The van der Waals surface area contributed by atoms with E-state index in [1.54, 1.807) is 0 Å². The Hall–Kier alpha value is -2.40. The van der Waals surface area contributed by atoms with Crippen LogP contribution in [0.15, 0.2) is 52.4 Å². The standard InChI is InChI=1S/C25H35N5/c1-17(2)22-15-30-23(16-28-9-11-29(12-10-28)18(3)4)25(27-24(30)14-26-22)21-8-7-19(5)13-20(21)6/h7-8,13-15,17,23,25H,3,9-12,16H2,1-2,4-6H3. The molecule has 2 atom stereocenters. The number of aliphatic imine (C=N–C) groups is 2. The molecule has 3 aliphatic heterocycles. The average molecular weight is 406 g/mol. The average Bonchev–Trinajstić information content (AvgIpc) is 3.05. The molecule has 2 unspecified atom stereocenters. The first kappa shape index (κ1) is 20.9. The zero-order valence-electron chi connectivity index (χ0n) is 19.1. The van der Waals surface area contributed by atoms with E-state index in [0.717, 1.165) is 44.3 Å². The molecular formula is C25H35N5. The van der Waals surface area contributed by atoms with Crippen LogP contribution in [-0.4, -0.2) is 65.5 Å². The topological polar surface area (TPSA) is 34.4 Å². The Morgan fingerprint density at radius 2 is 1.90 bits per heavy atom. The highest BCUT2D eigenvalue weighted by atomic mass is 15.3. The summed E-state index contributed by atoms with van der Waals surface area (Å²) in [6, 6.07) is 7.19. The van der Waals surface area contributed by atoms with Crippen LogP contribution in [0.5, 0.6) is 0 Å². The molecule has 0 radical (unpaired) electrons. The third-order valence-electron chi connectivity index (χ3n) is 6.55. The van der Waals surface area contributed by atoms with Crippen molar-refractivity contribution in [2.24, 2.45) is 15.9 Å². The summed E-state index contributed by atoms with van der Waals surface area (Å²) in [4.78, 5) is 17.2. The summed E-state index contributed by atoms with van der Waals surface area (Å²) >= 11 is 0. The van der Waals surface area contributed by atoms with Gasteiger partial charge in [0.2, 0.25) is 0 Å². The van der Waals surface area contributed by atoms with Crippen molar-refractivity contribution >= 4 is 12.1 Å². The van der Waals surface area contributed by atoms with Crippen LogP contribution in [0.1, 0.15) is 43.5 Å². The molecular weight excluding hydrogens is 370 g/mol. The van der Waals surface area contributed by atoms with Crippen LogP contribution in [0.2, 0.25) is 0 Å². The number of benzene rings is 1. The highest BCUT2D eigenvalue weighted by molar-refractivity contribution is 6.31. The van der Waals surface area contributed by atoms with Crippen LogP contribution in [-0.2, 0) is 0 Å². The highest BCUT2D eigenvalue weighted by Crippen LogP contribution is 2.36. The zero-order valence-corrected chi connectivity index (χ0v) is 19.1. The van der Waals surface area contributed by atoms with Gasteiger partial charge in [0.05, 0.1) is 24.0 Å². The summed E-state index contributed by atoms with van der Waals surface area (Å²) < 4.78 is 0. The summed E-state index contributed by atoms with van der Waals surface area (Å²) in [5.41, 5.74) is 6.27. The molecule has 1 aromatic carbocycles. The Labute approximate surface area is 181 Å². The second-order valence-electron chi connectivity index (χ2n) is 9.26. The van der Waals surface area contributed by atoms with Crippen LogP contribution < -0.4 is 0 Å². The van der Waals surface area contributed by atoms with Gasteiger partial charge in [0, 0.05) is 44.6 Å². The number of fused-ring (bicyclic) bond motifs is 1. The minimum atomic E-state index is 0.133. The summed E-state index contributed by atoms with van der Waals surface area (Å²) in [5, 5.41) is 0. The lowest BCUT2D eigenvalue weighted by molar-refractivity contribution is 0.134. The molecule has 0 saturated carbocycles. The molecule has 5 nitrogen and oxygen atoms in total. The number of rotatable bonds is 5. The molecule has 0 aromatic heterocycles. The second-order valence-corrected chi connectivity index (χ2v) is 9.26. The molecule has 3 heterocycles. The Balaban J connectivity index is 1.61. The quantitative estimate of drug-likeness (QED) is 0.738. The molecule has 0 aliphatic carbocycles. The molecule has 160 valence electrons. The molecule has 0 amide bonds. The van der Waals surface area contributed by atoms with Crippen LogP contribution >= 0.6 is 0 Å². The van der Waals surface area contributed by atoms with Crippen LogP contribution in [0.25, 0.3) is 0 Å². The smallest absolute Gasteiger partial charge is 0.147 e. The van der Waals surface area contributed by atoms with Crippen molar-refractivity contribution in [1.82, 2.24) is 14.7 Å². The maximum absolute atomic E-state index is 5.15. The van der Waals surface area contributed by atoms with E-state index in [0.29, 0.717) is 12.0 Å². The number of hydrogen-bond acceptors (Lipinski definition) is 5. The van der Waals surface area contributed by atoms with E-state index in [2.05, 4.69) is 85.3 Å². The molecule has 1 saturated heterocycles. The SMILES string of the molecule is C=C(C)N1CCN(CC2C(c3ccc(C)cc3C)N=C3C=NC(C(C)C)=CN32)CC1. The number of amidine groups is 1. The summed E-state index contributed by atoms with van der Waals surface area (Å²) in [6.07, 6.45) is 4.20. The van der Waals surface area contributed by atoms with Gasteiger partial charge in [-0.05, 0) is 37.8 Å². The van der Waals surface area contributed by atoms with Crippen molar-refractivity contribution in [2.45, 2.75) is 46.7 Å². The van der Waals surface area contributed by atoms with Crippen molar-refractivity contribution in [2.75, 3.05) is 32.7 Å². The Morgan fingerprint density at radius 3 is 2.53 bits per heavy atom. The fourth-order valence-electron chi connectivity index (χ4n) is 4.68. The van der Waals surface area contributed by atoms with E-state index in [1.165, 1.54) is 22.4 Å². The van der Waals surface area contributed by atoms with E-state index < -0.39 is 0 Å². The normalized spacial score (nSPS) is 24.2. The Bertz CT molecular complexity index is 902. The lowest BCUT2D eigenvalue weighted by Gasteiger charge is -2.39. The van der Waals surface area contributed by atoms with Gasteiger partial charge < -0.3 is 9.80 Å². The molecule has 5 heteroatoms. The Kier molecular flexibility index (Phi) is 5.83. The van der Waals surface area contributed by atoms with Gasteiger partial charge >= 0.3 is 0 Å². The van der Waals surface area contributed by atoms with Gasteiger partial charge in [0.1, 0.15) is 5.84 Å². The molecule has 30 heavy (non-hydrogen) atoms. The minimum Gasteiger partial charge on any atom is -0.373 e. The fourth-order valence-corrected chi connectivity index (χ4v) is 4.68. The molecule has 1 aromatic rings. The number of aryl methyl sites for hydroxylation is 2. The number of hydrogen-bond donors (Lipinski definition) is 0. The third kappa shape index (κ3) is 4.08. The van der Waals surface area contributed by atoms with E-state index in [9.17, 15) is 0 Å². The van der Waals surface area contributed by atoms with Gasteiger partial charge in [-0.2, -0.15) is 0 Å². The second kappa shape index (κ2) is 8.38.